The zero-order valence-electron chi connectivity index (χ0n) is 16.6. The standard InChI is InChI=1S/C22H22F2O7S/c23-22(24)31-15-8-14(26)13(21-20(29)19(28)18(27)16(9-25)30-21)7-11(15)6-12-5-10-3-1-2-4-17(10)32-12/h1-5,7-8,16,18-22,25-29H,6,9H2/t16-,18-,19+,20-,21+/m1/s1. The third-order valence-corrected chi connectivity index (χ3v) is 6.58. The van der Waals surface area contributed by atoms with Crippen LogP contribution in [-0.4, -0.2) is 63.2 Å². The second-order valence-corrected chi connectivity index (χ2v) is 8.74. The third-order valence-electron chi connectivity index (χ3n) is 5.47. The van der Waals surface area contributed by atoms with E-state index in [9.17, 15) is 34.3 Å². The quantitative estimate of drug-likeness (QED) is 0.377. The number of rotatable bonds is 6. The van der Waals surface area contributed by atoms with Crippen molar-refractivity contribution in [1.29, 1.82) is 0 Å². The van der Waals surface area contributed by atoms with Crippen LogP contribution in [0.4, 0.5) is 8.78 Å². The number of aliphatic hydroxyl groups is 4. The molecule has 2 heterocycles. The molecule has 1 aliphatic heterocycles. The van der Waals surface area contributed by atoms with Gasteiger partial charge in [-0.2, -0.15) is 8.78 Å². The molecule has 0 amide bonds. The lowest BCUT2D eigenvalue weighted by Crippen LogP contribution is -2.55. The zero-order chi connectivity index (χ0) is 23.0. The fourth-order valence-electron chi connectivity index (χ4n) is 3.88. The number of thiophene rings is 1. The molecule has 0 saturated carbocycles. The summed E-state index contributed by atoms with van der Waals surface area (Å²) < 4.78 is 37.1. The summed E-state index contributed by atoms with van der Waals surface area (Å²) >= 11 is 1.48. The van der Waals surface area contributed by atoms with Crippen LogP contribution in [0.1, 0.15) is 22.1 Å². The summed E-state index contributed by atoms with van der Waals surface area (Å²) in [5.74, 6) is -0.728. The van der Waals surface area contributed by atoms with Crippen LogP contribution in [0.3, 0.4) is 0 Å². The molecule has 172 valence electrons. The molecule has 0 bridgehead atoms. The molecule has 1 saturated heterocycles. The van der Waals surface area contributed by atoms with Crippen LogP contribution in [0.15, 0.2) is 42.5 Å². The van der Waals surface area contributed by atoms with E-state index in [1.54, 1.807) is 0 Å². The highest BCUT2D eigenvalue weighted by atomic mass is 32.1. The molecule has 1 aromatic heterocycles. The number of fused-ring (bicyclic) bond motifs is 1. The summed E-state index contributed by atoms with van der Waals surface area (Å²) in [5, 5.41) is 51.4. The van der Waals surface area contributed by atoms with Crippen molar-refractivity contribution in [3.63, 3.8) is 0 Å². The van der Waals surface area contributed by atoms with Crippen molar-refractivity contribution in [2.45, 2.75) is 43.6 Å². The number of alkyl halides is 2. The average Bonchev–Trinajstić information content (AvgIpc) is 3.16. The van der Waals surface area contributed by atoms with Gasteiger partial charge in [0, 0.05) is 33.2 Å². The van der Waals surface area contributed by atoms with Crippen LogP contribution < -0.4 is 4.74 Å². The summed E-state index contributed by atoms with van der Waals surface area (Å²) in [4.78, 5) is 0.857. The first-order valence-electron chi connectivity index (χ1n) is 9.87. The van der Waals surface area contributed by atoms with Crippen molar-refractivity contribution in [2.24, 2.45) is 0 Å². The van der Waals surface area contributed by atoms with E-state index in [4.69, 9.17) is 4.74 Å². The zero-order valence-corrected chi connectivity index (χ0v) is 17.5. The Bertz CT molecular complexity index is 1050. The molecule has 2 aromatic carbocycles. The fourth-order valence-corrected chi connectivity index (χ4v) is 4.96. The Kier molecular flexibility index (Phi) is 6.61. The van der Waals surface area contributed by atoms with Crippen molar-refractivity contribution >= 4 is 21.4 Å². The Morgan fingerprint density at radius 2 is 1.78 bits per heavy atom. The largest absolute Gasteiger partial charge is 0.507 e. The summed E-state index contributed by atoms with van der Waals surface area (Å²) in [6.45, 7) is -3.75. The van der Waals surface area contributed by atoms with Crippen molar-refractivity contribution in [3.05, 3.63) is 58.5 Å². The first-order valence-corrected chi connectivity index (χ1v) is 10.7. The third kappa shape index (κ3) is 4.42. The number of ether oxygens (including phenoxy) is 2. The summed E-state index contributed by atoms with van der Waals surface area (Å²) in [6, 6.07) is 12.0. The molecule has 0 aliphatic carbocycles. The van der Waals surface area contributed by atoms with E-state index in [0.717, 1.165) is 21.0 Å². The Morgan fingerprint density at radius 3 is 2.47 bits per heavy atom. The Labute approximate surface area is 185 Å². The lowest BCUT2D eigenvalue weighted by molar-refractivity contribution is -0.232. The second-order valence-electron chi connectivity index (χ2n) is 7.57. The Morgan fingerprint density at radius 1 is 1.03 bits per heavy atom. The normalized spacial score (nSPS) is 26.0. The topological polar surface area (TPSA) is 120 Å². The molecule has 1 aliphatic rings. The van der Waals surface area contributed by atoms with E-state index in [-0.39, 0.29) is 17.7 Å². The van der Waals surface area contributed by atoms with Gasteiger partial charge in [-0.3, -0.25) is 0 Å². The van der Waals surface area contributed by atoms with Gasteiger partial charge in [0.2, 0.25) is 0 Å². The van der Waals surface area contributed by atoms with Crippen LogP contribution in [0.5, 0.6) is 11.5 Å². The Balaban J connectivity index is 1.73. The van der Waals surface area contributed by atoms with Crippen LogP contribution >= 0.6 is 11.3 Å². The van der Waals surface area contributed by atoms with Gasteiger partial charge in [0.05, 0.1) is 6.61 Å². The monoisotopic (exact) mass is 468 g/mol. The van der Waals surface area contributed by atoms with Crippen molar-refractivity contribution in [3.8, 4) is 11.5 Å². The van der Waals surface area contributed by atoms with Crippen LogP contribution in [-0.2, 0) is 11.2 Å². The molecule has 0 unspecified atom stereocenters. The number of phenols is 1. The molecule has 0 spiro atoms. The molecule has 5 N–H and O–H groups in total. The molecule has 32 heavy (non-hydrogen) atoms. The fraction of sp³-hybridized carbons (Fsp3) is 0.364. The molecule has 1 fully saturated rings. The van der Waals surface area contributed by atoms with Crippen molar-refractivity contribution < 1.29 is 43.8 Å². The van der Waals surface area contributed by atoms with Crippen molar-refractivity contribution in [1.82, 2.24) is 0 Å². The van der Waals surface area contributed by atoms with E-state index < -0.39 is 49.5 Å². The molecule has 10 heteroatoms. The maximum atomic E-state index is 13.0. The number of hydrogen-bond acceptors (Lipinski definition) is 8. The van der Waals surface area contributed by atoms with Gasteiger partial charge in [-0.15, -0.1) is 11.3 Å². The molecular formula is C22H22F2O7S. The maximum Gasteiger partial charge on any atom is 0.387 e. The van der Waals surface area contributed by atoms with Crippen LogP contribution in [0.2, 0.25) is 0 Å². The van der Waals surface area contributed by atoms with Gasteiger partial charge in [0.15, 0.2) is 0 Å². The highest BCUT2D eigenvalue weighted by Gasteiger charge is 2.45. The van der Waals surface area contributed by atoms with E-state index in [1.807, 2.05) is 30.3 Å². The van der Waals surface area contributed by atoms with E-state index >= 15 is 0 Å². The van der Waals surface area contributed by atoms with Gasteiger partial charge >= 0.3 is 6.61 Å². The predicted molar refractivity (Wildman–Crippen MR) is 112 cm³/mol. The number of benzene rings is 2. The SMILES string of the molecule is OC[C@H]1O[C@@H](c2cc(Cc3cc4ccccc4s3)c(OC(F)F)cc2O)[C@H](O)[C@@H](O)[C@@H]1O. The molecule has 3 aromatic rings. The number of phenolic OH excluding ortho intramolecular Hbond substituents is 1. The number of hydrogen-bond donors (Lipinski definition) is 5. The minimum Gasteiger partial charge on any atom is -0.507 e. The minimum atomic E-state index is -3.12. The summed E-state index contributed by atoms with van der Waals surface area (Å²) in [6.07, 6.45) is -7.13. The molecule has 0 radical (unpaired) electrons. The predicted octanol–water partition coefficient (Wildman–Crippen LogP) is 2.31. The summed E-state index contributed by atoms with van der Waals surface area (Å²) in [7, 11) is 0. The number of halogens is 2. The molecule has 5 atom stereocenters. The Hall–Kier alpha value is -2.34. The van der Waals surface area contributed by atoms with Gasteiger partial charge < -0.3 is 35.0 Å². The first kappa shape index (κ1) is 22.8. The lowest BCUT2D eigenvalue weighted by atomic mass is 9.89. The van der Waals surface area contributed by atoms with Gasteiger partial charge in [0.1, 0.15) is 42.0 Å². The maximum absolute atomic E-state index is 13.0. The van der Waals surface area contributed by atoms with Gasteiger partial charge in [0.25, 0.3) is 0 Å². The number of aromatic hydroxyl groups is 1. The summed E-state index contributed by atoms with van der Waals surface area (Å²) in [5.41, 5.74) is 0.321. The van der Waals surface area contributed by atoms with Crippen molar-refractivity contribution in [2.75, 3.05) is 6.61 Å². The molecule has 7 nitrogen and oxygen atoms in total. The van der Waals surface area contributed by atoms with Crippen LogP contribution in [0, 0.1) is 0 Å². The molecule has 4 rings (SSSR count). The van der Waals surface area contributed by atoms with E-state index in [0.29, 0.717) is 5.56 Å². The number of aliphatic hydroxyl groups excluding tert-OH is 4. The minimum absolute atomic E-state index is 0.0135. The van der Waals surface area contributed by atoms with Gasteiger partial charge in [-0.25, -0.2) is 0 Å². The lowest BCUT2D eigenvalue weighted by Gasteiger charge is -2.40. The first-order chi connectivity index (χ1) is 15.3. The van der Waals surface area contributed by atoms with Crippen LogP contribution in [0.25, 0.3) is 10.1 Å². The average molecular weight is 468 g/mol. The molecular weight excluding hydrogens is 446 g/mol. The van der Waals surface area contributed by atoms with Gasteiger partial charge in [-0.1, -0.05) is 18.2 Å². The second kappa shape index (κ2) is 9.26. The van der Waals surface area contributed by atoms with E-state index in [1.165, 1.54) is 17.4 Å². The highest BCUT2D eigenvalue weighted by Crippen LogP contribution is 2.41. The smallest absolute Gasteiger partial charge is 0.387 e. The van der Waals surface area contributed by atoms with Gasteiger partial charge in [-0.05, 0) is 23.6 Å². The van der Waals surface area contributed by atoms with E-state index in [2.05, 4.69) is 4.74 Å². The highest BCUT2D eigenvalue weighted by molar-refractivity contribution is 7.19.